The molecule has 3 aromatic rings. The number of hydroxylamine groups is 1. The van der Waals surface area contributed by atoms with Crippen molar-refractivity contribution >= 4 is 23.1 Å². The number of hydrogen-bond donors (Lipinski definition) is 2. The van der Waals surface area contributed by atoms with Crippen LogP contribution < -0.4 is 5.48 Å². The SMILES string of the molecule is O=C(/C=C/c1cn(Cc2cc3ncccc3o2)nn1)NO. The number of furan rings is 1. The normalized spacial score (nSPS) is 11.3. The van der Waals surface area contributed by atoms with Gasteiger partial charge in [0.15, 0.2) is 5.58 Å². The van der Waals surface area contributed by atoms with Crippen LogP contribution in [-0.2, 0) is 11.3 Å². The van der Waals surface area contributed by atoms with Crippen LogP contribution in [0.2, 0.25) is 0 Å². The van der Waals surface area contributed by atoms with Crippen molar-refractivity contribution < 1.29 is 14.4 Å². The van der Waals surface area contributed by atoms with Gasteiger partial charge >= 0.3 is 0 Å². The molecule has 0 aliphatic carbocycles. The Morgan fingerprint density at radius 3 is 3.24 bits per heavy atom. The molecule has 21 heavy (non-hydrogen) atoms. The molecule has 2 N–H and O–H groups in total. The van der Waals surface area contributed by atoms with E-state index in [1.807, 2.05) is 12.1 Å². The van der Waals surface area contributed by atoms with Crippen molar-refractivity contribution in [2.75, 3.05) is 0 Å². The molecule has 3 heterocycles. The number of rotatable bonds is 4. The Morgan fingerprint density at radius 2 is 2.43 bits per heavy atom. The van der Waals surface area contributed by atoms with Crippen molar-refractivity contribution in [2.45, 2.75) is 6.54 Å². The van der Waals surface area contributed by atoms with E-state index in [1.54, 1.807) is 23.1 Å². The highest BCUT2D eigenvalue weighted by molar-refractivity contribution is 5.90. The molecule has 8 nitrogen and oxygen atoms in total. The summed E-state index contributed by atoms with van der Waals surface area (Å²) in [5, 5.41) is 16.2. The van der Waals surface area contributed by atoms with Crippen molar-refractivity contribution in [2.24, 2.45) is 0 Å². The number of nitrogens with zero attached hydrogens (tertiary/aromatic N) is 4. The van der Waals surface area contributed by atoms with Gasteiger partial charge in [0.05, 0.1) is 6.20 Å². The first-order valence-corrected chi connectivity index (χ1v) is 6.10. The van der Waals surface area contributed by atoms with Crippen LogP contribution >= 0.6 is 0 Å². The average molecular weight is 285 g/mol. The fourth-order valence-corrected chi connectivity index (χ4v) is 1.82. The van der Waals surface area contributed by atoms with Crippen LogP contribution in [0, 0.1) is 0 Å². The fourth-order valence-electron chi connectivity index (χ4n) is 1.82. The van der Waals surface area contributed by atoms with Crippen LogP contribution in [0.25, 0.3) is 17.2 Å². The number of carbonyl (C=O) groups excluding carboxylic acids is 1. The first-order valence-electron chi connectivity index (χ1n) is 6.10. The van der Waals surface area contributed by atoms with E-state index in [9.17, 15) is 4.79 Å². The Balaban J connectivity index is 1.74. The lowest BCUT2D eigenvalue weighted by atomic mass is 10.3. The summed E-state index contributed by atoms with van der Waals surface area (Å²) in [5.74, 6) is 0.0742. The van der Waals surface area contributed by atoms with E-state index in [-0.39, 0.29) is 0 Å². The van der Waals surface area contributed by atoms with Crippen LogP contribution in [0.4, 0.5) is 0 Å². The molecule has 3 rings (SSSR count). The summed E-state index contributed by atoms with van der Waals surface area (Å²) in [6, 6.07) is 5.49. The standard InChI is InChI=1S/C13H11N5O3/c19-13(16-20)4-3-9-7-18(17-15-9)8-10-6-11-12(21-10)2-1-5-14-11/h1-7,20H,8H2,(H,16,19)/b4-3+. The number of nitrogens with one attached hydrogen (secondary N) is 1. The zero-order chi connectivity index (χ0) is 14.7. The molecule has 0 unspecified atom stereocenters. The van der Waals surface area contributed by atoms with Crippen molar-refractivity contribution in [1.29, 1.82) is 0 Å². The molecule has 106 valence electrons. The summed E-state index contributed by atoms with van der Waals surface area (Å²) in [4.78, 5) is 15.0. The molecule has 0 radical (unpaired) electrons. The predicted molar refractivity (Wildman–Crippen MR) is 72.1 cm³/mol. The van der Waals surface area contributed by atoms with Gasteiger partial charge in [-0.25, -0.2) is 10.2 Å². The maximum atomic E-state index is 10.9. The number of pyridine rings is 1. The smallest absolute Gasteiger partial charge is 0.267 e. The molecule has 0 saturated carbocycles. The maximum Gasteiger partial charge on any atom is 0.267 e. The van der Waals surface area contributed by atoms with Gasteiger partial charge in [-0.15, -0.1) is 5.10 Å². The van der Waals surface area contributed by atoms with Crippen LogP contribution in [0.5, 0.6) is 0 Å². The van der Waals surface area contributed by atoms with Crippen molar-refractivity contribution in [3.05, 3.63) is 48.1 Å². The summed E-state index contributed by atoms with van der Waals surface area (Å²) >= 11 is 0. The lowest BCUT2D eigenvalue weighted by Crippen LogP contribution is -2.14. The van der Waals surface area contributed by atoms with E-state index in [4.69, 9.17) is 9.62 Å². The highest BCUT2D eigenvalue weighted by atomic mass is 16.5. The van der Waals surface area contributed by atoms with E-state index in [1.165, 1.54) is 11.6 Å². The molecule has 1 amide bonds. The summed E-state index contributed by atoms with van der Waals surface area (Å²) in [6.07, 6.45) is 5.95. The summed E-state index contributed by atoms with van der Waals surface area (Å²) in [5.41, 5.74) is 3.49. The first kappa shape index (κ1) is 13.0. The second-order valence-corrected chi connectivity index (χ2v) is 4.25. The van der Waals surface area contributed by atoms with Crippen LogP contribution in [0.15, 0.2) is 41.1 Å². The zero-order valence-electron chi connectivity index (χ0n) is 10.8. The van der Waals surface area contributed by atoms with Crippen molar-refractivity contribution in [3.63, 3.8) is 0 Å². The van der Waals surface area contributed by atoms with Crippen LogP contribution in [0.3, 0.4) is 0 Å². The predicted octanol–water partition coefficient (Wildman–Crippen LogP) is 0.986. The van der Waals surface area contributed by atoms with Gasteiger partial charge in [-0.1, -0.05) is 5.21 Å². The Morgan fingerprint density at radius 1 is 1.52 bits per heavy atom. The minimum absolute atomic E-state index is 0.406. The minimum Gasteiger partial charge on any atom is -0.457 e. The van der Waals surface area contributed by atoms with E-state index < -0.39 is 5.91 Å². The molecule has 0 fully saturated rings. The number of carbonyl (C=O) groups is 1. The van der Waals surface area contributed by atoms with Gasteiger partial charge < -0.3 is 4.42 Å². The third-order valence-electron chi connectivity index (χ3n) is 2.73. The zero-order valence-corrected chi connectivity index (χ0v) is 10.8. The lowest BCUT2D eigenvalue weighted by molar-refractivity contribution is -0.124. The number of aromatic nitrogens is 4. The Hall–Kier alpha value is -3.00. The van der Waals surface area contributed by atoms with E-state index in [0.29, 0.717) is 23.6 Å². The largest absolute Gasteiger partial charge is 0.457 e. The second-order valence-electron chi connectivity index (χ2n) is 4.25. The Kier molecular flexibility index (Phi) is 3.44. The van der Waals surface area contributed by atoms with Gasteiger partial charge in [0.1, 0.15) is 23.5 Å². The van der Waals surface area contributed by atoms with Crippen LogP contribution in [-0.4, -0.2) is 31.1 Å². The highest BCUT2D eigenvalue weighted by Crippen LogP contribution is 2.17. The topological polar surface area (TPSA) is 106 Å². The molecule has 0 aromatic carbocycles. The van der Waals surface area contributed by atoms with Crippen molar-refractivity contribution in [3.8, 4) is 0 Å². The average Bonchev–Trinajstić information content (AvgIpc) is 3.10. The lowest BCUT2D eigenvalue weighted by Gasteiger charge is -1.94. The van der Waals surface area contributed by atoms with Gasteiger partial charge in [0.2, 0.25) is 0 Å². The molecule has 3 aromatic heterocycles. The molecular weight excluding hydrogens is 274 g/mol. The van der Waals surface area contributed by atoms with Gasteiger partial charge in [-0.05, 0) is 18.2 Å². The maximum absolute atomic E-state index is 10.9. The number of fused-ring (bicyclic) bond motifs is 1. The Bertz CT molecular complexity index is 772. The second kappa shape index (κ2) is 5.55. The van der Waals surface area contributed by atoms with Gasteiger partial charge in [0.25, 0.3) is 5.91 Å². The van der Waals surface area contributed by atoms with Gasteiger partial charge in [-0.3, -0.25) is 15.0 Å². The van der Waals surface area contributed by atoms with E-state index >= 15 is 0 Å². The van der Waals surface area contributed by atoms with E-state index in [2.05, 4.69) is 15.3 Å². The third-order valence-corrected chi connectivity index (χ3v) is 2.73. The van der Waals surface area contributed by atoms with E-state index in [0.717, 1.165) is 11.6 Å². The third kappa shape index (κ3) is 2.95. The monoisotopic (exact) mass is 285 g/mol. The molecular formula is C13H11N5O3. The first-order chi connectivity index (χ1) is 10.2. The quantitative estimate of drug-likeness (QED) is 0.420. The molecule has 0 aliphatic rings. The van der Waals surface area contributed by atoms with Crippen molar-refractivity contribution in [1.82, 2.24) is 25.5 Å². The van der Waals surface area contributed by atoms with Gasteiger partial charge in [-0.2, -0.15) is 0 Å². The number of hydrogen-bond acceptors (Lipinski definition) is 6. The summed E-state index contributed by atoms with van der Waals surface area (Å²) in [6.45, 7) is 0.406. The molecule has 8 heteroatoms. The molecule has 0 bridgehead atoms. The summed E-state index contributed by atoms with van der Waals surface area (Å²) < 4.78 is 7.21. The number of amides is 1. The van der Waals surface area contributed by atoms with Crippen LogP contribution in [0.1, 0.15) is 11.5 Å². The molecule has 0 saturated heterocycles. The summed E-state index contributed by atoms with van der Waals surface area (Å²) in [7, 11) is 0. The molecule has 0 spiro atoms. The Labute approximate surface area is 118 Å². The molecule has 0 atom stereocenters. The highest BCUT2D eigenvalue weighted by Gasteiger charge is 2.06. The van der Waals surface area contributed by atoms with Gasteiger partial charge in [0, 0.05) is 18.3 Å². The fraction of sp³-hybridized carbons (Fsp3) is 0.0769. The minimum atomic E-state index is -0.632. The molecule has 0 aliphatic heterocycles.